The number of ether oxygens (including phenoxy) is 1. The van der Waals surface area contributed by atoms with E-state index in [0.29, 0.717) is 5.75 Å². The third kappa shape index (κ3) is 3.73. The maximum absolute atomic E-state index is 12.6. The molecule has 0 radical (unpaired) electrons. The van der Waals surface area contributed by atoms with Gasteiger partial charge in [0.2, 0.25) is 5.88 Å². The van der Waals surface area contributed by atoms with Crippen molar-refractivity contribution in [2.24, 2.45) is 0 Å². The van der Waals surface area contributed by atoms with E-state index >= 15 is 0 Å². The van der Waals surface area contributed by atoms with Crippen molar-refractivity contribution in [3.63, 3.8) is 0 Å². The second-order valence-electron chi connectivity index (χ2n) is 3.55. The van der Waals surface area contributed by atoms with E-state index in [9.17, 15) is 13.2 Å². The molecule has 2 rings (SSSR count). The van der Waals surface area contributed by atoms with Gasteiger partial charge in [-0.2, -0.15) is 13.2 Å². The molecule has 0 aliphatic carbocycles. The molecule has 2 nitrogen and oxygen atoms in total. The van der Waals surface area contributed by atoms with Crippen LogP contribution in [0.1, 0.15) is 5.56 Å². The molecule has 0 unspecified atom stereocenters. The normalized spacial score (nSPS) is 11.4. The zero-order valence-corrected chi connectivity index (χ0v) is 12.1. The SMILES string of the molecule is FC(F)(F)c1cc(Cl)nc(Oc2ccccc2I)c1. The molecule has 0 saturated heterocycles. The number of rotatable bonds is 2. The molecular weight excluding hydrogens is 393 g/mol. The smallest absolute Gasteiger partial charge is 0.416 e. The Balaban J connectivity index is 2.36. The predicted octanol–water partition coefficient (Wildman–Crippen LogP) is 5.15. The van der Waals surface area contributed by atoms with Crippen LogP contribution in [0.3, 0.4) is 0 Å². The Morgan fingerprint density at radius 3 is 2.47 bits per heavy atom. The molecule has 19 heavy (non-hydrogen) atoms. The lowest BCUT2D eigenvalue weighted by atomic mass is 10.2. The highest BCUT2D eigenvalue weighted by Gasteiger charge is 2.31. The van der Waals surface area contributed by atoms with Crippen LogP contribution < -0.4 is 4.74 Å². The number of pyridine rings is 1. The lowest BCUT2D eigenvalue weighted by Gasteiger charge is -2.10. The summed E-state index contributed by atoms with van der Waals surface area (Å²) in [5.41, 5.74) is -0.895. The summed E-state index contributed by atoms with van der Waals surface area (Å²) in [6.45, 7) is 0. The fraction of sp³-hybridized carbons (Fsp3) is 0.0833. The first kappa shape index (κ1) is 14.4. The Kier molecular flexibility index (Phi) is 4.19. The lowest BCUT2D eigenvalue weighted by molar-refractivity contribution is -0.137. The van der Waals surface area contributed by atoms with Crippen LogP contribution >= 0.6 is 34.2 Å². The summed E-state index contributed by atoms with van der Waals surface area (Å²) in [5.74, 6) is 0.231. The van der Waals surface area contributed by atoms with Gasteiger partial charge < -0.3 is 4.74 Å². The first-order chi connectivity index (χ1) is 8.86. The van der Waals surface area contributed by atoms with Crippen LogP contribution in [0.25, 0.3) is 0 Å². The number of aromatic nitrogens is 1. The minimum atomic E-state index is -4.49. The number of benzene rings is 1. The van der Waals surface area contributed by atoms with Crippen molar-refractivity contribution in [1.82, 2.24) is 4.98 Å². The maximum atomic E-state index is 12.6. The maximum Gasteiger partial charge on any atom is 0.416 e. The van der Waals surface area contributed by atoms with Crippen molar-refractivity contribution < 1.29 is 17.9 Å². The van der Waals surface area contributed by atoms with Gasteiger partial charge in [0, 0.05) is 6.07 Å². The molecule has 0 atom stereocenters. The number of hydrogen-bond acceptors (Lipinski definition) is 2. The average molecular weight is 400 g/mol. The van der Waals surface area contributed by atoms with E-state index < -0.39 is 11.7 Å². The molecule has 7 heteroatoms. The highest BCUT2D eigenvalue weighted by atomic mass is 127. The van der Waals surface area contributed by atoms with Gasteiger partial charge in [-0.15, -0.1) is 0 Å². The summed E-state index contributed by atoms with van der Waals surface area (Å²) in [6, 6.07) is 8.48. The molecule has 0 aliphatic rings. The van der Waals surface area contributed by atoms with Crippen LogP contribution in [0.15, 0.2) is 36.4 Å². The van der Waals surface area contributed by atoms with Gasteiger partial charge in [-0.05, 0) is 40.8 Å². The molecule has 0 aliphatic heterocycles. The van der Waals surface area contributed by atoms with Crippen molar-refractivity contribution in [2.75, 3.05) is 0 Å². The Bertz CT molecular complexity index is 604. The number of hydrogen-bond donors (Lipinski definition) is 0. The summed E-state index contributed by atoms with van der Waals surface area (Å²) in [6.07, 6.45) is -4.49. The van der Waals surface area contributed by atoms with E-state index in [1.807, 2.05) is 22.6 Å². The number of alkyl halides is 3. The molecule has 100 valence electrons. The molecule has 0 fully saturated rings. The van der Waals surface area contributed by atoms with Crippen LogP contribution in [0.2, 0.25) is 5.15 Å². The molecule has 0 saturated carbocycles. The Morgan fingerprint density at radius 1 is 1.16 bits per heavy atom. The van der Waals surface area contributed by atoms with Crippen molar-refractivity contribution in [3.05, 3.63) is 50.7 Å². The molecule has 1 heterocycles. The number of halogens is 5. The third-order valence-corrected chi connectivity index (χ3v) is 3.23. The largest absolute Gasteiger partial charge is 0.438 e. The molecule has 0 N–H and O–H groups in total. The minimum Gasteiger partial charge on any atom is -0.438 e. The van der Waals surface area contributed by atoms with Crippen LogP contribution in [-0.2, 0) is 6.18 Å². The summed E-state index contributed by atoms with van der Waals surface area (Å²) < 4.78 is 43.9. The first-order valence-corrected chi connectivity index (χ1v) is 6.49. The summed E-state index contributed by atoms with van der Waals surface area (Å²) in [5, 5.41) is -0.268. The van der Waals surface area contributed by atoms with Gasteiger partial charge in [0.25, 0.3) is 0 Å². The Hall–Kier alpha value is -1.02. The minimum absolute atomic E-state index is 0.191. The summed E-state index contributed by atoms with van der Waals surface area (Å²) in [7, 11) is 0. The van der Waals surface area contributed by atoms with E-state index in [1.165, 1.54) is 0 Å². The van der Waals surface area contributed by atoms with Crippen LogP contribution in [0.4, 0.5) is 13.2 Å². The van der Waals surface area contributed by atoms with Gasteiger partial charge in [0.1, 0.15) is 10.9 Å². The highest BCUT2D eigenvalue weighted by molar-refractivity contribution is 14.1. The molecule has 0 spiro atoms. The van der Waals surface area contributed by atoms with Crippen molar-refractivity contribution in [3.8, 4) is 11.6 Å². The summed E-state index contributed by atoms with van der Waals surface area (Å²) >= 11 is 7.58. The van der Waals surface area contributed by atoms with Gasteiger partial charge in [-0.3, -0.25) is 0 Å². The van der Waals surface area contributed by atoms with Crippen LogP contribution in [0.5, 0.6) is 11.6 Å². The standard InChI is InChI=1S/C12H6ClF3INO/c13-10-5-7(12(14,15)16)6-11(18-10)19-9-4-2-1-3-8(9)17/h1-6H. The van der Waals surface area contributed by atoms with Gasteiger partial charge in [0.15, 0.2) is 0 Å². The molecule has 1 aromatic carbocycles. The quantitative estimate of drug-likeness (QED) is 0.515. The van der Waals surface area contributed by atoms with E-state index in [-0.39, 0.29) is 11.0 Å². The van der Waals surface area contributed by atoms with Gasteiger partial charge in [-0.25, -0.2) is 4.98 Å². The summed E-state index contributed by atoms with van der Waals surface area (Å²) in [4.78, 5) is 3.72. The molecule has 1 aromatic heterocycles. The van der Waals surface area contributed by atoms with E-state index in [1.54, 1.807) is 24.3 Å². The number of para-hydroxylation sites is 1. The lowest BCUT2D eigenvalue weighted by Crippen LogP contribution is -2.06. The van der Waals surface area contributed by atoms with Crippen molar-refractivity contribution >= 4 is 34.2 Å². The fourth-order valence-electron chi connectivity index (χ4n) is 1.33. The third-order valence-electron chi connectivity index (χ3n) is 2.15. The Morgan fingerprint density at radius 2 is 1.84 bits per heavy atom. The van der Waals surface area contributed by atoms with E-state index in [2.05, 4.69) is 4.98 Å². The first-order valence-electron chi connectivity index (χ1n) is 5.03. The zero-order valence-electron chi connectivity index (χ0n) is 9.21. The van der Waals surface area contributed by atoms with Gasteiger partial charge >= 0.3 is 6.18 Å². The second kappa shape index (κ2) is 5.54. The van der Waals surface area contributed by atoms with E-state index in [4.69, 9.17) is 16.3 Å². The van der Waals surface area contributed by atoms with Crippen molar-refractivity contribution in [1.29, 1.82) is 0 Å². The van der Waals surface area contributed by atoms with E-state index in [0.717, 1.165) is 15.7 Å². The topological polar surface area (TPSA) is 22.1 Å². The molecule has 0 bridgehead atoms. The number of nitrogens with zero attached hydrogens (tertiary/aromatic N) is 1. The molecule has 2 aromatic rings. The monoisotopic (exact) mass is 399 g/mol. The Labute approximate surface area is 125 Å². The zero-order chi connectivity index (χ0) is 14.0. The highest BCUT2D eigenvalue weighted by Crippen LogP contribution is 2.34. The second-order valence-corrected chi connectivity index (χ2v) is 5.10. The van der Waals surface area contributed by atoms with Crippen LogP contribution in [0, 0.1) is 3.57 Å². The van der Waals surface area contributed by atoms with Crippen molar-refractivity contribution in [2.45, 2.75) is 6.18 Å². The van der Waals surface area contributed by atoms with Gasteiger partial charge in [0.05, 0.1) is 9.13 Å². The fourth-order valence-corrected chi connectivity index (χ4v) is 2.03. The molecular formula is C12H6ClF3INO. The van der Waals surface area contributed by atoms with Gasteiger partial charge in [-0.1, -0.05) is 23.7 Å². The van der Waals surface area contributed by atoms with Crippen LogP contribution in [-0.4, -0.2) is 4.98 Å². The average Bonchev–Trinajstić information content (AvgIpc) is 2.30. The molecule has 0 amide bonds. The predicted molar refractivity (Wildman–Crippen MR) is 73.5 cm³/mol.